The fourth-order valence-corrected chi connectivity index (χ4v) is 3.40. The van der Waals surface area contributed by atoms with Crippen molar-refractivity contribution in [3.05, 3.63) is 52.1 Å². The fraction of sp³-hybridized carbons (Fsp3) is 0.389. The minimum Gasteiger partial charge on any atom is -0.357 e. The van der Waals surface area contributed by atoms with Crippen LogP contribution in [0.25, 0.3) is 5.65 Å². The molecule has 0 aromatic carbocycles. The van der Waals surface area contributed by atoms with Crippen LogP contribution in [0, 0.1) is 6.92 Å². The number of rotatable bonds is 7. The summed E-state index contributed by atoms with van der Waals surface area (Å²) < 4.78 is 2.04. The molecule has 3 heterocycles. The molecule has 8 heteroatoms. The number of hydrogen-bond donors (Lipinski definition) is 2. The van der Waals surface area contributed by atoms with Gasteiger partial charge in [-0.3, -0.25) is 4.40 Å². The minimum atomic E-state index is 0. The first-order valence-corrected chi connectivity index (χ1v) is 9.44. The third kappa shape index (κ3) is 5.66. The van der Waals surface area contributed by atoms with Gasteiger partial charge in [0.2, 0.25) is 0 Å². The zero-order valence-electron chi connectivity index (χ0n) is 15.1. The molecule has 0 aliphatic heterocycles. The Kier molecular flexibility index (Phi) is 8.30. The number of nitrogens with zero attached hydrogens (tertiary/aromatic N) is 4. The Morgan fingerprint density at radius 2 is 2.08 bits per heavy atom. The van der Waals surface area contributed by atoms with Gasteiger partial charge in [-0.2, -0.15) is 0 Å². The molecule has 0 spiro atoms. The Bertz CT molecular complexity index is 841. The van der Waals surface area contributed by atoms with Crippen molar-refractivity contribution in [2.75, 3.05) is 13.1 Å². The van der Waals surface area contributed by atoms with E-state index < -0.39 is 0 Å². The van der Waals surface area contributed by atoms with E-state index in [2.05, 4.69) is 51.8 Å². The van der Waals surface area contributed by atoms with Crippen molar-refractivity contribution in [3.63, 3.8) is 0 Å². The summed E-state index contributed by atoms with van der Waals surface area (Å²) in [5.41, 5.74) is 0.895. The molecule has 3 rings (SSSR count). The minimum absolute atomic E-state index is 0. The SMILES string of the molecule is CCNC(=NCc1ccc(C)s1)NCCCc1nnc2ccccn12.I. The number of pyridine rings is 1. The molecule has 0 amide bonds. The highest BCUT2D eigenvalue weighted by molar-refractivity contribution is 14.0. The van der Waals surface area contributed by atoms with Gasteiger partial charge in [-0.05, 0) is 44.5 Å². The molecule has 6 nitrogen and oxygen atoms in total. The van der Waals surface area contributed by atoms with E-state index in [1.165, 1.54) is 9.75 Å². The topological polar surface area (TPSA) is 66.6 Å². The number of halogens is 1. The summed E-state index contributed by atoms with van der Waals surface area (Å²) in [6.45, 7) is 6.61. The maximum atomic E-state index is 4.65. The first-order valence-electron chi connectivity index (χ1n) is 8.62. The van der Waals surface area contributed by atoms with Crippen LogP contribution in [-0.4, -0.2) is 33.6 Å². The highest BCUT2D eigenvalue weighted by Gasteiger charge is 2.04. The number of aromatic nitrogens is 3. The molecule has 0 atom stereocenters. The van der Waals surface area contributed by atoms with Crippen LogP contribution in [-0.2, 0) is 13.0 Å². The summed E-state index contributed by atoms with van der Waals surface area (Å²) in [7, 11) is 0. The second-order valence-corrected chi connectivity index (χ2v) is 7.16. The van der Waals surface area contributed by atoms with E-state index in [4.69, 9.17) is 0 Å². The van der Waals surface area contributed by atoms with Crippen LogP contribution in [0.2, 0.25) is 0 Å². The third-order valence-electron chi connectivity index (χ3n) is 3.79. The van der Waals surface area contributed by atoms with Crippen LogP contribution in [0.15, 0.2) is 41.5 Å². The predicted molar refractivity (Wildman–Crippen MR) is 119 cm³/mol. The molecule has 140 valence electrons. The molecular formula is C18H25IN6S. The van der Waals surface area contributed by atoms with Crippen LogP contribution in [0.5, 0.6) is 0 Å². The van der Waals surface area contributed by atoms with Crippen molar-refractivity contribution in [1.82, 2.24) is 25.2 Å². The second kappa shape index (κ2) is 10.5. The maximum absolute atomic E-state index is 4.65. The number of fused-ring (bicyclic) bond motifs is 1. The van der Waals surface area contributed by atoms with Crippen molar-refractivity contribution in [2.45, 2.75) is 33.2 Å². The molecule has 0 fully saturated rings. The average Bonchev–Trinajstić information content (AvgIpc) is 3.22. The van der Waals surface area contributed by atoms with Gasteiger partial charge in [0, 0.05) is 35.5 Å². The van der Waals surface area contributed by atoms with E-state index in [9.17, 15) is 0 Å². The van der Waals surface area contributed by atoms with Crippen LogP contribution in [0.3, 0.4) is 0 Å². The lowest BCUT2D eigenvalue weighted by molar-refractivity contribution is 0.715. The van der Waals surface area contributed by atoms with E-state index in [0.29, 0.717) is 6.54 Å². The Balaban J connectivity index is 0.00000243. The molecule has 0 saturated carbocycles. The Morgan fingerprint density at radius 3 is 2.85 bits per heavy atom. The summed E-state index contributed by atoms with van der Waals surface area (Å²) in [4.78, 5) is 7.26. The summed E-state index contributed by atoms with van der Waals surface area (Å²) in [5.74, 6) is 1.85. The highest BCUT2D eigenvalue weighted by Crippen LogP contribution is 2.15. The van der Waals surface area contributed by atoms with Crippen molar-refractivity contribution in [2.24, 2.45) is 4.99 Å². The molecule has 0 radical (unpaired) electrons. The van der Waals surface area contributed by atoms with Crippen molar-refractivity contribution >= 4 is 46.9 Å². The van der Waals surface area contributed by atoms with Crippen LogP contribution < -0.4 is 10.6 Å². The zero-order valence-corrected chi connectivity index (χ0v) is 18.3. The van der Waals surface area contributed by atoms with E-state index in [-0.39, 0.29) is 24.0 Å². The smallest absolute Gasteiger partial charge is 0.191 e. The Labute approximate surface area is 175 Å². The zero-order chi connectivity index (χ0) is 17.5. The molecule has 0 bridgehead atoms. The number of aryl methyl sites for hydroxylation is 2. The van der Waals surface area contributed by atoms with Gasteiger partial charge in [-0.15, -0.1) is 45.5 Å². The first-order chi connectivity index (χ1) is 12.3. The maximum Gasteiger partial charge on any atom is 0.191 e. The molecule has 0 aliphatic rings. The first kappa shape index (κ1) is 20.6. The van der Waals surface area contributed by atoms with Gasteiger partial charge < -0.3 is 10.6 Å². The lowest BCUT2D eigenvalue weighted by Gasteiger charge is -2.10. The van der Waals surface area contributed by atoms with E-state index in [1.807, 2.05) is 28.8 Å². The summed E-state index contributed by atoms with van der Waals surface area (Å²) >= 11 is 1.79. The number of nitrogens with one attached hydrogen (secondary N) is 2. The molecule has 3 aromatic rings. The van der Waals surface area contributed by atoms with Gasteiger partial charge in [0.1, 0.15) is 5.82 Å². The number of thiophene rings is 1. The monoisotopic (exact) mass is 484 g/mol. The normalized spacial score (nSPS) is 11.4. The van der Waals surface area contributed by atoms with Crippen molar-refractivity contribution in [3.8, 4) is 0 Å². The summed E-state index contributed by atoms with van der Waals surface area (Å²) in [5, 5.41) is 15.1. The molecule has 2 N–H and O–H groups in total. The van der Waals surface area contributed by atoms with Gasteiger partial charge in [0.05, 0.1) is 6.54 Å². The summed E-state index contributed by atoms with van der Waals surface area (Å²) in [6.07, 6.45) is 3.85. The predicted octanol–water partition coefficient (Wildman–Crippen LogP) is 3.41. The van der Waals surface area contributed by atoms with Crippen LogP contribution >= 0.6 is 35.3 Å². The average molecular weight is 484 g/mol. The summed E-state index contributed by atoms with van der Waals surface area (Å²) in [6, 6.07) is 10.2. The van der Waals surface area contributed by atoms with E-state index in [0.717, 1.165) is 43.4 Å². The van der Waals surface area contributed by atoms with Crippen molar-refractivity contribution in [1.29, 1.82) is 0 Å². The largest absolute Gasteiger partial charge is 0.357 e. The molecule has 0 aliphatic carbocycles. The van der Waals surface area contributed by atoms with Crippen LogP contribution in [0.1, 0.15) is 28.9 Å². The number of hydrogen-bond acceptors (Lipinski definition) is 4. The molecule has 3 aromatic heterocycles. The Morgan fingerprint density at radius 1 is 1.19 bits per heavy atom. The van der Waals surface area contributed by atoms with Gasteiger partial charge in [-0.25, -0.2) is 4.99 Å². The van der Waals surface area contributed by atoms with Crippen molar-refractivity contribution < 1.29 is 0 Å². The standard InChI is InChI=1S/C18H24N6S.HI/c1-3-19-18(21-13-15-10-9-14(2)25-15)20-11-6-8-17-23-22-16-7-4-5-12-24(16)17;/h4-5,7,9-10,12H,3,6,8,11,13H2,1-2H3,(H2,19,20,21);1H. The van der Waals surface area contributed by atoms with Crippen LogP contribution in [0.4, 0.5) is 0 Å². The van der Waals surface area contributed by atoms with E-state index >= 15 is 0 Å². The second-order valence-electron chi connectivity index (χ2n) is 5.78. The van der Waals surface area contributed by atoms with E-state index in [1.54, 1.807) is 11.3 Å². The quantitative estimate of drug-likeness (QED) is 0.234. The number of aliphatic imine (C=N–C) groups is 1. The van der Waals surface area contributed by atoms with Gasteiger partial charge in [0.15, 0.2) is 11.6 Å². The molecular weight excluding hydrogens is 459 g/mol. The Hall–Kier alpha value is -1.68. The molecule has 0 unspecified atom stereocenters. The fourth-order valence-electron chi connectivity index (χ4n) is 2.58. The third-order valence-corrected chi connectivity index (χ3v) is 4.77. The lowest BCUT2D eigenvalue weighted by Crippen LogP contribution is -2.37. The molecule has 0 saturated heterocycles. The van der Waals surface area contributed by atoms with Gasteiger partial charge in [0.25, 0.3) is 0 Å². The van der Waals surface area contributed by atoms with Gasteiger partial charge in [-0.1, -0.05) is 6.07 Å². The van der Waals surface area contributed by atoms with Gasteiger partial charge >= 0.3 is 0 Å². The highest BCUT2D eigenvalue weighted by atomic mass is 127. The molecule has 26 heavy (non-hydrogen) atoms. The lowest BCUT2D eigenvalue weighted by atomic mass is 10.3. The number of guanidine groups is 1.